The Morgan fingerprint density at radius 3 is 2.27 bits per heavy atom. The van der Waals surface area contributed by atoms with Crippen molar-refractivity contribution >= 4 is 34.1 Å². The van der Waals surface area contributed by atoms with Crippen LogP contribution in [0.3, 0.4) is 0 Å². The summed E-state index contributed by atoms with van der Waals surface area (Å²) in [5.41, 5.74) is 1.35. The lowest BCUT2D eigenvalue weighted by molar-refractivity contribution is -0.143. The number of benzene rings is 2. The van der Waals surface area contributed by atoms with Crippen molar-refractivity contribution in [1.29, 1.82) is 0 Å². The number of nitrogens with zero attached hydrogens (tertiary/aromatic N) is 2. The fraction of sp³-hybridized carbons (Fsp3) is 0.308. The van der Waals surface area contributed by atoms with E-state index in [1.165, 1.54) is 0 Å². The van der Waals surface area contributed by atoms with Crippen LogP contribution in [-0.2, 0) is 9.59 Å². The number of amides is 2. The minimum Gasteiger partial charge on any atom is -0.330 e. The van der Waals surface area contributed by atoms with Gasteiger partial charge in [0.15, 0.2) is 5.13 Å². The molecule has 1 aliphatic heterocycles. The van der Waals surface area contributed by atoms with Gasteiger partial charge >= 0.3 is 0 Å². The Hall–Kier alpha value is -3.32. The number of hydrogen-bond donors (Lipinski definition) is 1. The number of carbonyl (C=O) groups excluding carboxylic acids is 3. The monoisotopic (exact) mass is 461 g/mol. The summed E-state index contributed by atoms with van der Waals surface area (Å²) in [6.45, 7) is 6.14. The summed E-state index contributed by atoms with van der Waals surface area (Å²) < 4.78 is 0. The van der Waals surface area contributed by atoms with Crippen LogP contribution >= 0.6 is 11.3 Å². The second-order valence-electron chi connectivity index (χ2n) is 9.15. The van der Waals surface area contributed by atoms with Crippen molar-refractivity contribution in [2.24, 2.45) is 5.41 Å². The minimum atomic E-state index is -0.556. The van der Waals surface area contributed by atoms with Gasteiger partial charge in [0, 0.05) is 23.1 Å². The predicted octanol–water partition coefficient (Wildman–Crippen LogP) is 5.02. The molecule has 1 N–H and O–H groups in total. The molecule has 7 heteroatoms. The van der Waals surface area contributed by atoms with Crippen LogP contribution in [-0.4, -0.2) is 40.1 Å². The molecule has 1 aliphatic rings. The molecule has 1 fully saturated rings. The first-order valence-electron chi connectivity index (χ1n) is 11.0. The van der Waals surface area contributed by atoms with E-state index in [0.29, 0.717) is 34.2 Å². The van der Waals surface area contributed by atoms with E-state index in [-0.39, 0.29) is 17.6 Å². The molecule has 0 saturated carbocycles. The van der Waals surface area contributed by atoms with Crippen LogP contribution in [0.5, 0.6) is 0 Å². The summed E-state index contributed by atoms with van der Waals surface area (Å²) in [7, 11) is 0. The Morgan fingerprint density at radius 1 is 1.00 bits per heavy atom. The first-order chi connectivity index (χ1) is 15.8. The van der Waals surface area contributed by atoms with Gasteiger partial charge in [0.2, 0.25) is 17.6 Å². The Balaban J connectivity index is 1.63. The smallest absolute Gasteiger partial charge is 0.248 e. The number of nitrogens with one attached hydrogen (secondary N) is 1. The molecule has 1 atom stereocenters. The third kappa shape index (κ3) is 4.88. The zero-order valence-electron chi connectivity index (χ0n) is 19.0. The number of likely N-dealkylation sites (tertiary alicyclic amines) is 1. The van der Waals surface area contributed by atoms with E-state index in [9.17, 15) is 14.4 Å². The lowest BCUT2D eigenvalue weighted by Gasteiger charge is -2.30. The molecule has 0 aliphatic carbocycles. The minimum absolute atomic E-state index is 0.0378. The van der Waals surface area contributed by atoms with Gasteiger partial charge in [0.1, 0.15) is 10.9 Å². The molecule has 33 heavy (non-hydrogen) atoms. The summed E-state index contributed by atoms with van der Waals surface area (Å²) in [6, 6.07) is 18.0. The summed E-state index contributed by atoms with van der Waals surface area (Å²) in [4.78, 5) is 45.9. The molecule has 2 heterocycles. The molecule has 4 rings (SSSR count). The average Bonchev–Trinajstić information content (AvgIpc) is 3.46. The van der Waals surface area contributed by atoms with Crippen LogP contribution in [0, 0.1) is 5.41 Å². The highest BCUT2D eigenvalue weighted by Crippen LogP contribution is 2.34. The molecule has 1 saturated heterocycles. The second kappa shape index (κ2) is 9.27. The highest BCUT2D eigenvalue weighted by atomic mass is 32.1. The first-order valence-corrected chi connectivity index (χ1v) is 11.9. The molecule has 1 aromatic heterocycles. The number of rotatable bonds is 5. The lowest BCUT2D eigenvalue weighted by atomic mass is 9.94. The number of carbonyl (C=O) groups is 3. The summed E-state index contributed by atoms with van der Waals surface area (Å²) in [5, 5.41) is 3.23. The fourth-order valence-corrected chi connectivity index (χ4v) is 4.89. The molecule has 0 radical (unpaired) electrons. The van der Waals surface area contributed by atoms with Crippen LogP contribution in [0.2, 0.25) is 0 Å². The van der Waals surface area contributed by atoms with Gasteiger partial charge in [-0.15, -0.1) is 0 Å². The van der Waals surface area contributed by atoms with Crippen molar-refractivity contribution in [2.45, 2.75) is 39.7 Å². The normalized spacial score (nSPS) is 16.0. The number of hydrogen-bond acceptors (Lipinski definition) is 5. The number of aromatic nitrogens is 1. The maximum absolute atomic E-state index is 13.3. The van der Waals surface area contributed by atoms with Gasteiger partial charge in [-0.25, -0.2) is 4.98 Å². The molecule has 6 nitrogen and oxygen atoms in total. The van der Waals surface area contributed by atoms with E-state index >= 15 is 0 Å². The van der Waals surface area contributed by atoms with Gasteiger partial charge in [-0.1, -0.05) is 92.8 Å². The molecular weight excluding hydrogens is 434 g/mol. The highest BCUT2D eigenvalue weighted by molar-refractivity contribution is 7.18. The number of anilines is 1. The molecule has 0 spiro atoms. The first kappa shape index (κ1) is 22.9. The van der Waals surface area contributed by atoms with E-state index < -0.39 is 11.5 Å². The van der Waals surface area contributed by atoms with Crippen LogP contribution in [0.4, 0.5) is 5.13 Å². The fourth-order valence-electron chi connectivity index (χ4n) is 3.94. The second-order valence-corrected chi connectivity index (χ2v) is 10.2. The quantitative estimate of drug-likeness (QED) is 0.541. The molecule has 2 amide bonds. The van der Waals surface area contributed by atoms with Crippen LogP contribution < -0.4 is 5.32 Å². The van der Waals surface area contributed by atoms with E-state index in [1.54, 1.807) is 17.0 Å². The predicted molar refractivity (Wildman–Crippen MR) is 130 cm³/mol. The van der Waals surface area contributed by atoms with Crippen molar-refractivity contribution in [3.63, 3.8) is 0 Å². The zero-order valence-corrected chi connectivity index (χ0v) is 19.8. The number of ketones is 1. The maximum Gasteiger partial charge on any atom is 0.248 e. The van der Waals surface area contributed by atoms with Crippen LogP contribution in [0.15, 0.2) is 60.7 Å². The molecule has 170 valence electrons. The van der Waals surface area contributed by atoms with E-state index in [0.717, 1.165) is 23.3 Å². The van der Waals surface area contributed by atoms with Gasteiger partial charge in [-0.3, -0.25) is 14.4 Å². The third-order valence-corrected chi connectivity index (χ3v) is 6.57. The van der Waals surface area contributed by atoms with Gasteiger partial charge in [0.25, 0.3) is 0 Å². The average molecular weight is 462 g/mol. The third-order valence-electron chi connectivity index (χ3n) is 5.60. The van der Waals surface area contributed by atoms with E-state index in [1.807, 2.05) is 69.3 Å². The Kier molecular flexibility index (Phi) is 6.42. The van der Waals surface area contributed by atoms with Gasteiger partial charge in [0.05, 0.1) is 5.69 Å². The van der Waals surface area contributed by atoms with Crippen molar-refractivity contribution in [3.8, 4) is 11.3 Å². The molecule has 3 aromatic rings. The highest BCUT2D eigenvalue weighted by Gasteiger charge is 2.39. The standard InChI is InChI=1S/C26H27N3O3S/c1-26(2,3)24(32)29-16-10-15-19(29)23(31)28-25-27-20(17-11-6-4-7-12-17)22(33-25)21(30)18-13-8-5-9-14-18/h4-9,11-14,19H,10,15-16H2,1-3H3,(H,27,28,31)/t19-/m0/s1. The Bertz CT molecular complexity index is 1170. The lowest BCUT2D eigenvalue weighted by Crippen LogP contribution is -2.47. The topological polar surface area (TPSA) is 79.4 Å². The van der Waals surface area contributed by atoms with Crippen molar-refractivity contribution in [2.75, 3.05) is 11.9 Å². The summed E-state index contributed by atoms with van der Waals surface area (Å²) in [6.07, 6.45) is 1.39. The largest absolute Gasteiger partial charge is 0.330 e. The van der Waals surface area contributed by atoms with Crippen molar-refractivity contribution in [3.05, 3.63) is 71.1 Å². The number of thiazole rings is 1. The summed E-state index contributed by atoms with van der Waals surface area (Å²) in [5.74, 6) is -0.445. The molecule has 2 aromatic carbocycles. The van der Waals surface area contributed by atoms with Crippen LogP contribution in [0.1, 0.15) is 48.8 Å². The van der Waals surface area contributed by atoms with Crippen molar-refractivity contribution in [1.82, 2.24) is 9.88 Å². The Labute approximate surface area is 197 Å². The van der Waals surface area contributed by atoms with Gasteiger partial charge < -0.3 is 10.2 Å². The van der Waals surface area contributed by atoms with Gasteiger partial charge in [-0.05, 0) is 12.8 Å². The molecular formula is C26H27N3O3S. The van der Waals surface area contributed by atoms with Gasteiger partial charge in [-0.2, -0.15) is 0 Å². The summed E-state index contributed by atoms with van der Waals surface area (Å²) >= 11 is 1.16. The molecule has 0 bridgehead atoms. The van der Waals surface area contributed by atoms with E-state index in [2.05, 4.69) is 10.3 Å². The molecule has 0 unspecified atom stereocenters. The zero-order chi connectivity index (χ0) is 23.6. The van der Waals surface area contributed by atoms with Crippen LogP contribution in [0.25, 0.3) is 11.3 Å². The van der Waals surface area contributed by atoms with Crippen molar-refractivity contribution < 1.29 is 14.4 Å². The van der Waals surface area contributed by atoms with E-state index in [4.69, 9.17) is 0 Å². The Morgan fingerprint density at radius 2 is 1.64 bits per heavy atom. The SMILES string of the molecule is CC(C)(C)C(=O)N1CCC[C@H]1C(=O)Nc1nc(-c2ccccc2)c(C(=O)c2ccccc2)s1. The maximum atomic E-state index is 13.3.